The van der Waals surface area contributed by atoms with Crippen LogP contribution in [0.5, 0.6) is 0 Å². The number of hydrogen-bond acceptors (Lipinski definition) is 2. The van der Waals surface area contributed by atoms with E-state index in [-0.39, 0.29) is 11.5 Å². The van der Waals surface area contributed by atoms with E-state index in [1.807, 2.05) is 0 Å². The zero-order valence-corrected chi connectivity index (χ0v) is 12.7. The molecule has 0 unspecified atom stereocenters. The van der Waals surface area contributed by atoms with Crippen LogP contribution in [0.3, 0.4) is 0 Å². The molecule has 0 aliphatic rings. The predicted molar refractivity (Wildman–Crippen MR) is 84.1 cm³/mol. The van der Waals surface area contributed by atoms with Crippen LogP contribution in [-0.4, -0.2) is 17.0 Å². The molecule has 0 atom stereocenters. The first kappa shape index (κ1) is 15.6. The molecule has 1 aromatic heterocycles. The van der Waals surface area contributed by atoms with Crippen LogP contribution in [0.2, 0.25) is 10.0 Å². The predicted octanol–water partition coefficient (Wildman–Crippen LogP) is 2.98. The second-order valence-corrected chi connectivity index (χ2v) is 5.31. The van der Waals surface area contributed by atoms with Gasteiger partial charge in [0.25, 0.3) is 11.5 Å². The lowest BCUT2D eigenvalue weighted by Gasteiger charge is -2.08. The Balaban J connectivity index is 1.85. The largest absolute Gasteiger partial charge is 0.352 e. The summed E-state index contributed by atoms with van der Waals surface area (Å²) in [6.07, 6.45) is 2.20. The molecule has 0 bridgehead atoms. The Morgan fingerprint density at radius 1 is 1.14 bits per heavy atom. The van der Waals surface area contributed by atoms with Crippen LogP contribution in [0.25, 0.3) is 0 Å². The minimum atomic E-state index is -0.223. The fourth-order valence-electron chi connectivity index (χ4n) is 1.87. The first-order valence-corrected chi connectivity index (χ1v) is 7.22. The fourth-order valence-corrected chi connectivity index (χ4v) is 2.27. The highest BCUT2D eigenvalue weighted by Gasteiger charge is 2.08. The monoisotopic (exact) mass is 324 g/mol. The van der Waals surface area contributed by atoms with Gasteiger partial charge in [0, 0.05) is 25.4 Å². The zero-order chi connectivity index (χ0) is 15.2. The van der Waals surface area contributed by atoms with Crippen molar-refractivity contribution in [2.45, 2.75) is 13.0 Å². The van der Waals surface area contributed by atoms with Gasteiger partial charge in [0.2, 0.25) is 0 Å². The van der Waals surface area contributed by atoms with E-state index < -0.39 is 0 Å². The van der Waals surface area contributed by atoms with Crippen molar-refractivity contribution in [1.29, 1.82) is 0 Å². The molecule has 0 radical (unpaired) electrons. The Bertz CT molecular complexity index is 698. The van der Waals surface area contributed by atoms with Gasteiger partial charge in [-0.05, 0) is 24.6 Å². The van der Waals surface area contributed by atoms with Crippen LogP contribution in [0.4, 0.5) is 0 Å². The molecule has 2 aromatic rings. The van der Waals surface area contributed by atoms with E-state index in [0.717, 1.165) is 0 Å². The van der Waals surface area contributed by atoms with Crippen LogP contribution < -0.4 is 10.9 Å². The summed E-state index contributed by atoms with van der Waals surface area (Å²) in [4.78, 5) is 23.5. The summed E-state index contributed by atoms with van der Waals surface area (Å²) in [5, 5.41) is 3.70. The van der Waals surface area contributed by atoms with Gasteiger partial charge in [0.15, 0.2) is 0 Å². The molecule has 6 heteroatoms. The van der Waals surface area contributed by atoms with E-state index in [1.165, 1.54) is 10.6 Å². The van der Waals surface area contributed by atoms with E-state index in [4.69, 9.17) is 23.2 Å². The highest BCUT2D eigenvalue weighted by atomic mass is 35.5. The Labute approximate surface area is 132 Å². The SMILES string of the molecule is O=C(NCCCn1cc(Cl)ccc1=O)c1ccccc1Cl. The Morgan fingerprint density at radius 3 is 2.67 bits per heavy atom. The van der Waals surface area contributed by atoms with Gasteiger partial charge in [-0.25, -0.2) is 0 Å². The molecule has 2 rings (SSSR count). The van der Waals surface area contributed by atoms with Crippen molar-refractivity contribution in [3.05, 3.63) is 68.6 Å². The zero-order valence-electron chi connectivity index (χ0n) is 11.2. The quantitative estimate of drug-likeness (QED) is 0.859. The van der Waals surface area contributed by atoms with Gasteiger partial charge in [-0.15, -0.1) is 0 Å². The van der Waals surface area contributed by atoms with Gasteiger partial charge in [-0.2, -0.15) is 0 Å². The van der Waals surface area contributed by atoms with Gasteiger partial charge >= 0.3 is 0 Å². The number of hydrogen-bond donors (Lipinski definition) is 1. The summed E-state index contributed by atoms with van der Waals surface area (Å²) in [7, 11) is 0. The van der Waals surface area contributed by atoms with E-state index in [9.17, 15) is 9.59 Å². The summed E-state index contributed by atoms with van der Waals surface area (Å²) in [6.45, 7) is 0.936. The number of aromatic nitrogens is 1. The summed E-state index contributed by atoms with van der Waals surface area (Å²) in [5.41, 5.74) is 0.330. The molecule has 0 saturated heterocycles. The van der Waals surface area contributed by atoms with Gasteiger partial charge in [0.1, 0.15) is 0 Å². The Morgan fingerprint density at radius 2 is 1.90 bits per heavy atom. The number of pyridine rings is 1. The van der Waals surface area contributed by atoms with Crippen molar-refractivity contribution < 1.29 is 4.79 Å². The molecule has 1 N–H and O–H groups in total. The number of carbonyl (C=O) groups is 1. The molecular weight excluding hydrogens is 311 g/mol. The number of benzene rings is 1. The molecule has 0 fully saturated rings. The third-order valence-corrected chi connectivity index (χ3v) is 3.48. The Kier molecular flexibility index (Phi) is 5.42. The molecule has 1 heterocycles. The standard InChI is InChI=1S/C15H14Cl2N2O2/c16-11-6-7-14(20)19(10-11)9-3-8-18-15(21)12-4-1-2-5-13(12)17/h1-2,4-7,10H,3,8-9H2,(H,18,21). The van der Waals surface area contributed by atoms with Crippen LogP contribution >= 0.6 is 23.2 Å². The Hall–Kier alpha value is -1.78. The average Bonchev–Trinajstić information content (AvgIpc) is 2.47. The lowest BCUT2D eigenvalue weighted by Crippen LogP contribution is -2.27. The van der Waals surface area contributed by atoms with Gasteiger partial charge in [0.05, 0.1) is 15.6 Å². The highest BCUT2D eigenvalue weighted by Crippen LogP contribution is 2.14. The summed E-state index contributed by atoms with van der Waals surface area (Å²) >= 11 is 11.8. The van der Waals surface area contributed by atoms with Crippen LogP contribution in [-0.2, 0) is 6.54 Å². The minimum Gasteiger partial charge on any atom is -0.352 e. The molecule has 0 aliphatic carbocycles. The minimum absolute atomic E-state index is 0.114. The molecule has 110 valence electrons. The van der Waals surface area contributed by atoms with Crippen molar-refractivity contribution in [2.24, 2.45) is 0 Å². The van der Waals surface area contributed by atoms with Gasteiger partial charge < -0.3 is 9.88 Å². The number of amides is 1. The molecule has 4 nitrogen and oxygen atoms in total. The third-order valence-electron chi connectivity index (χ3n) is 2.93. The maximum absolute atomic E-state index is 11.9. The summed E-state index contributed by atoms with van der Waals surface area (Å²) in [6, 6.07) is 9.84. The van der Waals surface area contributed by atoms with Gasteiger partial charge in [-0.1, -0.05) is 35.3 Å². The van der Waals surface area contributed by atoms with Crippen molar-refractivity contribution in [3.63, 3.8) is 0 Å². The third kappa shape index (κ3) is 4.34. The van der Waals surface area contributed by atoms with E-state index in [1.54, 1.807) is 36.5 Å². The number of carbonyl (C=O) groups excluding carboxylic acids is 1. The average molecular weight is 325 g/mol. The summed E-state index contributed by atoms with van der Waals surface area (Å²) in [5.74, 6) is -0.223. The van der Waals surface area contributed by atoms with Crippen molar-refractivity contribution in [1.82, 2.24) is 9.88 Å². The van der Waals surface area contributed by atoms with E-state index >= 15 is 0 Å². The maximum atomic E-state index is 11.9. The second-order valence-electron chi connectivity index (χ2n) is 4.47. The normalized spacial score (nSPS) is 10.4. The molecule has 1 amide bonds. The van der Waals surface area contributed by atoms with Crippen LogP contribution in [0, 0.1) is 0 Å². The molecule has 0 saturated carbocycles. The second kappa shape index (κ2) is 7.29. The lowest BCUT2D eigenvalue weighted by atomic mass is 10.2. The fraction of sp³-hybridized carbons (Fsp3) is 0.200. The van der Waals surface area contributed by atoms with Gasteiger partial charge in [-0.3, -0.25) is 9.59 Å². The number of halogens is 2. The number of aryl methyl sites for hydroxylation is 1. The van der Waals surface area contributed by atoms with E-state index in [2.05, 4.69) is 5.32 Å². The van der Waals surface area contributed by atoms with Crippen molar-refractivity contribution in [2.75, 3.05) is 6.54 Å². The smallest absolute Gasteiger partial charge is 0.252 e. The molecule has 1 aromatic carbocycles. The topological polar surface area (TPSA) is 51.1 Å². The number of nitrogens with one attached hydrogen (secondary N) is 1. The van der Waals surface area contributed by atoms with Crippen molar-refractivity contribution in [3.8, 4) is 0 Å². The first-order valence-electron chi connectivity index (χ1n) is 6.46. The number of rotatable bonds is 5. The molecular formula is C15H14Cl2N2O2. The van der Waals surface area contributed by atoms with Crippen molar-refractivity contribution >= 4 is 29.1 Å². The van der Waals surface area contributed by atoms with Crippen LogP contribution in [0.15, 0.2) is 47.4 Å². The van der Waals surface area contributed by atoms with E-state index in [0.29, 0.717) is 35.1 Å². The molecule has 0 spiro atoms. The number of nitrogens with zero attached hydrogens (tertiary/aromatic N) is 1. The molecule has 0 aliphatic heterocycles. The lowest BCUT2D eigenvalue weighted by molar-refractivity contribution is 0.0953. The summed E-state index contributed by atoms with van der Waals surface area (Å²) < 4.78 is 1.52. The van der Waals surface area contributed by atoms with Crippen LogP contribution in [0.1, 0.15) is 16.8 Å². The first-order chi connectivity index (χ1) is 10.1. The maximum Gasteiger partial charge on any atom is 0.252 e. The highest BCUT2D eigenvalue weighted by molar-refractivity contribution is 6.33. The molecule has 21 heavy (non-hydrogen) atoms.